The van der Waals surface area contributed by atoms with E-state index in [2.05, 4.69) is 31.1 Å². The van der Waals surface area contributed by atoms with Crippen LogP contribution < -0.4 is 4.74 Å². The maximum atomic E-state index is 6.12. The summed E-state index contributed by atoms with van der Waals surface area (Å²) in [4.78, 5) is 0. The zero-order chi connectivity index (χ0) is 14.8. The molecule has 0 saturated carbocycles. The Morgan fingerprint density at radius 1 is 1.30 bits per heavy atom. The molecule has 0 amide bonds. The number of allylic oxidation sites excluding steroid dienone is 1. The molecule has 0 fully saturated rings. The van der Waals surface area contributed by atoms with Crippen molar-refractivity contribution in [3.63, 3.8) is 0 Å². The molecule has 0 spiro atoms. The molecular formula is C14H15Cl2N3O. The Balaban J connectivity index is 2.36. The minimum atomic E-state index is -0.0831. The molecule has 6 heteroatoms. The highest BCUT2D eigenvalue weighted by molar-refractivity contribution is 6.35. The van der Waals surface area contributed by atoms with Crippen molar-refractivity contribution in [3.8, 4) is 5.75 Å². The normalized spacial score (nSPS) is 12.6. The fourth-order valence-corrected chi connectivity index (χ4v) is 1.96. The van der Waals surface area contributed by atoms with Crippen LogP contribution in [0.15, 0.2) is 36.7 Å². The van der Waals surface area contributed by atoms with Crippen LogP contribution in [0.25, 0.3) is 5.88 Å². The van der Waals surface area contributed by atoms with Gasteiger partial charge in [0, 0.05) is 5.02 Å². The molecule has 0 bridgehead atoms. The molecule has 2 rings (SSSR count). The van der Waals surface area contributed by atoms with Gasteiger partial charge >= 0.3 is 0 Å². The second kappa shape index (κ2) is 5.85. The van der Waals surface area contributed by atoms with Gasteiger partial charge in [-0.3, -0.25) is 0 Å². The average Bonchev–Trinajstić information content (AvgIpc) is 2.83. The van der Waals surface area contributed by atoms with Crippen LogP contribution in [0.5, 0.6) is 5.75 Å². The molecule has 106 valence electrons. The van der Waals surface area contributed by atoms with Crippen LogP contribution >= 0.6 is 23.2 Å². The second-order valence-corrected chi connectivity index (χ2v) is 6.22. The van der Waals surface area contributed by atoms with Gasteiger partial charge in [0.2, 0.25) is 5.88 Å². The second-order valence-electron chi connectivity index (χ2n) is 5.37. The maximum Gasteiger partial charge on any atom is 0.218 e. The average molecular weight is 312 g/mol. The predicted octanol–water partition coefficient (Wildman–Crippen LogP) is 4.51. The molecule has 0 N–H and O–H groups in total. The molecule has 4 nitrogen and oxygen atoms in total. The topological polar surface area (TPSA) is 39.9 Å². The highest BCUT2D eigenvalue weighted by Gasteiger charge is 2.14. The van der Waals surface area contributed by atoms with E-state index in [9.17, 15) is 0 Å². The summed E-state index contributed by atoms with van der Waals surface area (Å²) in [5.41, 5.74) is -0.0831. The Hall–Kier alpha value is -1.52. The predicted molar refractivity (Wildman–Crippen MR) is 80.8 cm³/mol. The SMILES string of the molecule is CC(C)(C)/C=C(\Oc1ccc(Cl)cc1Cl)n1ccnn1. The maximum absolute atomic E-state index is 6.12. The Morgan fingerprint density at radius 3 is 2.60 bits per heavy atom. The Bertz CT molecular complexity index is 616. The van der Waals surface area contributed by atoms with Gasteiger partial charge in [-0.1, -0.05) is 49.2 Å². The van der Waals surface area contributed by atoms with Crippen LogP contribution in [0, 0.1) is 5.41 Å². The Morgan fingerprint density at radius 2 is 2.05 bits per heavy atom. The van der Waals surface area contributed by atoms with Crippen LogP contribution in [0.3, 0.4) is 0 Å². The van der Waals surface area contributed by atoms with Crippen LogP contribution in [0.1, 0.15) is 20.8 Å². The zero-order valence-electron chi connectivity index (χ0n) is 11.5. The van der Waals surface area contributed by atoms with Crippen molar-refractivity contribution in [2.24, 2.45) is 5.41 Å². The lowest BCUT2D eigenvalue weighted by atomic mass is 9.97. The van der Waals surface area contributed by atoms with Crippen LogP contribution in [-0.2, 0) is 0 Å². The summed E-state index contributed by atoms with van der Waals surface area (Å²) >= 11 is 12.0. The number of benzene rings is 1. The molecule has 1 aromatic heterocycles. The highest BCUT2D eigenvalue weighted by atomic mass is 35.5. The van der Waals surface area contributed by atoms with E-state index in [1.807, 2.05) is 6.08 Å². The number of ether oxygens (including phenoxy) is 1. The van der Waals surface area contributed by atoms with Gasteiger partial charge < -0.3 is 4.74 Å². The van der Waals surface area contributed by atoms with Crippen molar-refractivity contribution in [2.45, 2.75) is 20.8 Å². The van der Waals surface area contributed by atoms with Crippen molar-refractivity contribution in [1.29, 1.82) is 0 Å². The standard InChI is InChI=1S/C14H15Cl2N3O/c1-14(2,3)9-13(19-7-6-17-18-19)20-12-5-4-10(15)8-11(12)16/h4-9H,1-3H3/b13-9-. The minimum absolute atomic E-state index is 0.0831. The first-order chi connectivity index (χ1) is 9.35. The lowest BCUT2D eigenvalue weighted by Gasteiger charge is -2.17. The summed E-state index contributed by atoms with van der Waals surface area (Å²) in [5, 5.41) is 8.74. The molecule has 0 aliphatic heterocycles. The molecule has 0 aliphatic carbocycles. The molecule has 1 aromatic carbocycles. The van der Waals surface area contributed by atoms with Crippen LogP contribution in [0.4, 0.5) is 0 Å². The van der Waals surface area contributed by atoms with E-state index < -0.39 is 0 Å². The van der Waals surface area contributed by atoms with Gasteiger partial charge in [-0.2, -0.15) is 4.68 Å². The zero-order valence-corrected chi connectivity index (χ0v) is 13.0. The third-order valence-corrected chi connectivity index (χ3v) is 2.84. The lowest BCUT2D eigenvalue weighted by Crippen LogP contribution is -2.11. The van der Waals surface area contributed by atoms with E-state index in [4.69, 9.17) is 27.9 Å². The van der Waals surface area contributed by atoms with Crippen molar-refractivity contribution in [2.75, 3.05) is 0 Å². The van der Waals surface area contributed by atoms with Crippen molar-refractivity contribution in [1.82, 2.24) is 15.0 Å². The van der Waals surface area contributed by atoms with E-state index in [1.54, 1.807) is 35.3 Å². The van der Waals surface area contributed by atoms with Crippen molar-refractivity contribution < 1.29 is 4.74 Å². The highest BCUT2D eigenvalue weighted by Crippen LogP contribution is 2.30. The number of nitrogens with zero attached hydrogens (tertiary/aromatic N) is 3. The van der Waals surface area contributed by atoms with E-state index in [1.165, 1.54) is 0 Å². The van der Waals surface area contributed by atoms with Gasteiger partial charge in [0.1, 0.15) is 5.75 Å². The number of halogens is 2. The third kappa shape index (κ3) is 3.99. The largest absolute Gasteiger partial charge is 0.438 e. The molecule has 1 heterocycles. The minimum Gasteiger partial charge on any atom is -0.438 e. The van der Waals surface area contributed by atoms with Crippen LogP contribution in [0.2, 0.25) is 10.0 Å². The summed E-state index contributed by atoms with van der Waals surface area (Å²) < 4.78 is 7.40. The first-order valence-electron chi connectivity index (χ1n) is 6.07. The fraction of sp³-hybridized carbons (Fsp3) is 0.286. The summed E-state index contributed by atoms with van der Waals surface area (Å²) in [6.07, 6.45) is 5.25. The van der Waals surface area contributed by atoms with Gasteiger partial charge in [-0.15, -0.1) is 5.10 Å². The molecule has 0 saturated heterocycles. The van der Waals surface area contributed by atoms with Gasteiger partial charge in [0.25, 0.3) is 0 Å². The van der Waals surface area contributed by atoms with E-state index in [-0.39, 0.29) is 5.41 Å². The lowest BCUT2D eigenvalue weighted by molar-refractivity contribution is 0.441. The fourth-order valence-electron chi connectivity index (χ4n) is 1.51. The number of hydrogen-bond acceptors (Lipinski definition) is 3. The van der Waals surface area contributed by atoms with E-state index in [0.29, 0.717) is 21.7 Å². The van der Waals surface area contributed by atoms with E-state index >= 15 is 0 Å². The number of aromatic nitrogens is 3. The Labute approximate surface area is 128 Å². The smallest absolute Gasteiger partial charge is 0.218 e. The molecule has 0 aliphatic rings. The van der Waals surface area contributed by atoms with Crippen molar-refractivity contribution >= 4 is 29.1 Å². The molecule has 2 aromatic rings. The molecule has 0 atom stereocenters. The third-order valence-electron chi connectivity index (χ3n) is 2.31. The van der Waals surface area contributed by atoms with Crippen LogP contribution in [-0.4, -0.2) is 15.0 Å². The van der Waals surface area contributed by atoms with E-state index in [0.717, 1.165) is 0 Å². The summed E-state index contributed by atoms with van der Waals surface area (Å²) in [5.74, 6) is 1.06. The summed E-state index contributed by atoms with van der Waals surface area (Å²) in [7, 11) is 0. The number of rotatable bonds is 3. The first-order valence-corrected chi connectivity index (χ1v) is 6.83. The molecule has 0 unspecified atom stereocenters. The van der Waals surface area contributed by atoms with Gasteiger partial charge in [0.15, 0.2) is 0 Å². The monoisotopic (exact) mass is 311 g/mol. The molecule has 20 heavy (non-hydrogen) atoms. The number of hydrogen-bond donors (Lipinski definition) is 0. The molecular weight excluding hydrogens is 297 g/mol. The van der Waals surface area contributed by atoms with Gasteiger partial charge in [-0.05, 0) is 29.7 Å². The quantitative estimate of drug-likeness (QED) is 0.783. The first kappa shape index (κ1) is 14.9. The Kier molecular flexibility index (Phi) is 4.35. The van der Waals surface area contributed by atoms with Gasteiger partial charge in [0.05, 0.1) is 17.4 Å². The summed E-state index contributed by atoms with van der Waals surface area (Å²) in [6, 6.07) is 5.07. The van der Waals surface area contributed by atoms with Crippen molar-refractivity contribution in [3.05, 3.63) is 46.7 Å². The van der Waals surface area contributed by atoms with Gasteiger partial charge in [-0.25, -0.2) is 0 Å². The summed E-state index contributed by atoms with van der Waals surface area (Å²) in [6.45, 7) is 6.20. The molecule has 0 radical (unpaired) electrons.